The molecule has 2 heterocycles. The molecule has 0 radical (unpaired) electrons. The van der Waals surface area contributed by atoms with Crippen LogP contribution in [0.25, 0.3) is 22.3 Å². The van der Waals surface area contributed by atoms with Gasteiger partial charge < -0.3 is 5.32 Å². The zero-order valence-electron chi connectivity index (χ0n) is 12.7. The van der Waals surface area contributed by atoms with Crippen LogP contribution in [0.1, 0.15) is 0 Å². The first-order valence-electron chi connectivity index (χ1n) is 7.46. The summed E-state index contributed by atoms with van der Waals surface area (Å²) in [5.41, 5.74) is 2.57. The average molecular weight is 318 g/mol. The molecule has 118 valence electrons. The van der Waals surface area contributed by atoms with Gasteiger partial charge in [-0.05, 0) is 30.3 Å². The van der Waals surface area contributed by atoms with Crippen molar-refractivity contribution in [3.63, 3.8) is 0 Å². The highest BCUT2D eigenvalue weighted by molar-refractivity contribution is 5.91. The molecule has 0 fully saturated rings. The van der Waals surface area contributed by atoms with E-state index in [-0.39, 0.29) is 12.5 Å². The maximum Gasteiger partial charge on any atom is 0.246 e. The van der Waals surface area contributed by atoms with Crippen LogP contribution in [0.2, 0.25) is 0 Å². The molecule has 0 aliphatic heterocycles. The third kappa shape index (κ3) is 2.74. The number of H-pyrrole nitrogens is 1. The Balaban J connectivity index is 1.46. The first-order valence-corrected chi connectivity index (χ1v) is 7.46. The smallest absolute Gasteiger partial charge is 0.246 e. The molecule has 0 saturated heterocycles. The van der Waals surface area contributed by atoms with Gasteiger partial charge in [0.15, 0.2) is 5.82 Å². The van der Waals surface area contributed by atoms with Crippen molar-refractivity contribution in [2.24, 2.45) is 0 Å². The number of anilines is 1. The molecule has 7 heteroatoms. The molecule has 0 spiro atoms. The molecule has 0 saturated carbocycles. The zero-order chi connectivity index (χ0) is 16.4. The molecule has 0 aliphatic carbocycles. The van der Waals surface area contributed by atoms with Gasteiger partial charge in [-0.1, -0.05) is 18.2 Å². The van der Waals surface area contributed by atoms with E-state index in [1.807, 2.05) is 48.5 Å². The van der Waals surface area contributed by atoms with Crippen LogP contribution in [0.4, 0.5) is 5.69 Å². The summed E-state index contributed by atoms with van der Waals surface area (Å²) in [7, 11) is 0. The molecular formula is C17H14N6O. The normalized spacial score (nSPS) is 10.8. The number of nitrogens with one attached hydrogen (secondary N) is 2. The fraction of sp³-hybridized carbons (Fsp3) is 0.0588. The van der Waals surface area contributed by atoms with E-state index in [1.165, 1.54) is 6.33 Å². The van der Waals surface area contributed by atoms with Crippen molar-refractivity contribution in [2.45, 2.75) is 6.54 Å². The van der Waals surface area contributed by atoms with Crippen LogP contribution in [0.3, 0.4) is 0 Å². The molecule has 4 aromatic rings. The maximum absolute atomic E-state index is 12.2. The minimum atomic E-state index is -0.128. The van der Waals surface area contributed by atoms with Crippen molar-refractivity contribution >= 4 is 22.5 Å². The second-order valence-corrected chi connectivity index (χ2v) is 5.32. The first-order chi connectivity index (χ1) is 11.8. The zero-order valence-corrected chi connectivity index (χ0v) is 12.7. The van der Waals surface area contributed by atoms with Crippen LogP contribution in [0.15, 0.2) is 61.1 Å². The number of carbonyl (C=O) groups excluding carboxylic acids is 1. The van der Waals surface area contributed by atoms with Crippen LogP contribution in [0.5, 0.6) is 0 Å². The first kappa shape index (κ1) is 14.1. The summed E-state index contributed by atoms with van der Waals surface area (Å²) in [5.74, 6) is 0.562. The largest absolute Gasteiger partial charge is 0.324 e. The molecular weight excluding hydrogens is 304 g/mol. The number of hydrogen-bond acceptors (Lipinski definition) is 4. The highest BCUT2D eigenvalue weighted by atomic mass is 16.2. The Kier molecular flexibility index (Phi) is 3.51. The second kappa shape index (κ2) is 5.96. The Bertz CT molecular complexity index is 972. The molecule has 2 aromatic heterocycles. The third-order valence-corrected chi connectivity index (χ3v) is 3.70. The number of carbonyl (C=O) groups is 1. The number of benzene rings is 2. The van der Waals surface area contributed by atoms with Gasteiger partial charge in [0.05, 0.1) is 11.7 Å². The van der Waals surface area contributed by atoms with Gasteiger partial charge in [-0.2, -0.15) is 10.2 Å². The van der Waals surface area contributed by atoms with Gasteiger partial charge in [-0.15, -0.1) is 0 Å². The summed E-state index contributed by atoms with van der Waals surface area (Å²) in [6.45, 7) is 0.164. The fourth-order valence-corrected chi connectivity index (χ4v) is 2.54. The lowest BCUT2D eigenvalue weighted by atomic mass is 10.2. The standard InChI is InChI=1S/C17H14N6O/c24-16(10-23-15-4-2-1-3-13(15)9-20-23)21-14-7-5-12(6-8-14)17-18-11-19-22-17/h1-9,11H,10H2,(H,21,24)(H,18,19,22). The van der Waals surface area contributed by atoms with Crippen molar-refractivity contribution in [2.75, 3.05) is 5.32 Å². The number of aromatic amines is 1. The van der Waals surface area contributed by atoms with Crippen LogP contribution in [-0.2, 0) is 11.3 Å². The Morgan fingerprint density at radius 2 is 1.96 bits per heavy atom. The predicted molar refractivity (Wildman–Crippen MR) is 90.2 cm³/mol. The number of hydrogen-bond donors (Lipinski definition) is 2. The van der Waals surface area contributed by atoms with E-state index >= 15 is 0 Å². The molecule has 4 rings (SSSR count). The lowest BCUT2D eigenvalue weighted by Gasteiger charge is -2.07. The summed E-state index contributed by atoms with van der Waals surface area (Å²) >= 11 is 0. The van der Waals surface area contributed by atoms with Crippen molar-refractivity contribution in [3.8, 4) is 11.4 Å². The lowest BCUT2D eigenvalue weighted by Crippen LogP contribution is -2.19. The van der Waals surface area contributed by atoms with Crippen molar-refractivity contribution < 1.29 is 4.79 Å². The predicted octanol–water partition coefficient (Wildman–Crippen LogP) is 2.46. The highest BCUT2D eigenvalue weighted by Crippen LogP contribution is 2.17. The molecule has 2 aromatic carbocycles. The van der Waals surface area contributed by atoms with Gasteiger partial charge >= 0.3 is 0 Å². The van der Waals surface area contributed by atoms with Crippen LogP contribution in [-0.4, -0.2) is 30.9 Å². The molecule has 0 atom stereocenters. The molecule has 2 N–H and O–H groups in total. The van der Waals surface area contributed by atoms with E-state index in [4.69, 9.17) is 0 Å². The molecule has 0 bridgehead atoms. The van der Waals surface area contributed by atoms with Crippen molar-refractivity contribution in [1.29, 1.82) is 0 Å². The number of amides is 1. The Hall–Kier alpha value is -3.48. The highest BCUT2D eigenvalue weighted by Gasteiger charge is 2.08. The number of para-hydroxylation sites is 1. The summed E-state index contributed by atoms with van der Waals surface area (Å²) in [6, 6.07) is 15.2. The molecule has 7 nitrogen and oxygen atoms in total. The van der Waals surface area contributed by atoms with E-state index in [0.717, 1.165) is 22.2 Å². The average Bonchev–Trinajstić information content (AvgIpc) is 3.26. The Labute approximate surface area is 137 Å². The van der Waals surface area contributed by atoms with Crippen molar-refractivity contribution in [1.82, 2.24) is 25.0 Å². The van der Waals surface area contributed by atoms with Crippen molar-refractivity contribution in [3.05, 3.63) is 61.1 Å². The molecule has 1 amide bonds. The second-order valence-electron chi connectivity index (χ2n) is 5.32. The van der Waals surface area contributed by atoms with Gasteiger partial charge in [0.25, 0.3) is 0 Å². The quantitative estimate of drug-likeness (QED) is 0.605. The van der Waals surface area contributed by atoms with E-state index in [2.05, 4.69) is 25.6 Å². The van der Waals surface area contributed by atoms with E-state index < -0.39 is 0 Å². The van der Waals surface area contributed by atoms with E-state index in [9.17, 15) is 4.79 Å². The van der Waals surface area contributed by atoms with Gasteiger partial charge in [0, 0.05) is 16.6 Å². The maximum atomic E-state index is 12.2. The summed E-state index contributed by atoms with van der Waals surface area (Å²) in [6.07, 6.45) is 3.22. The van der Waals surface area contributed by atoms with Gasteiger partial charge in [0.1, 0.15) is 12.9 Å². The van der Waals surface area contributed by atoms with Crippen LogP contribution >= 0.6 is 0 Å². The number of rotatable bonds is 4. The lowest BCUT2D eigenvalue weighted by molar-refractivity contribution is -0.116. The summed E-state index contributed by atoms with van der Waals surface area (Å²) in [4.78, 5) is 16.3. The number of nitrogens with zero attached hydrogens (tertiary/aromatic N) is 4. The Morgan fingerprint density at radius 3 is 2.75 bits per heavy atom. The SMILES string of the molecule is O=C(Cn1ncc2ccccc21)Nc1ccc(-c2ncn[nH]2)cc1. The van der Waals surface area contributed by atoms with Gasteiger partial charge in [0.2, 0.25) is 5.91 Å². The molecule has 0 aliphatic rings. The summed E-state index contributed by atoms with van der Waals surface area (Å²) < 4.78 is 1.69. The number of aromatic nitrogens is 5. The monoisotopic (exact) mass is 318 g/mol. The third-order valence-electron chi connectivity index (χ3n) is 3.70. The van der Waals surface area contributed by atoms with Crippen LogP contribution in [0, 0.1) is 0 Å². The molecule has 24 heavy (non-hydrogen) atoms. The van der Waals surface area contributed by atoms with E-state index in [0.29, 0.717) is 5.82 Å². The minimum absolute atomic E-state index is 0.128. The Morgan fingerprint density at radius 1 is 1.12 bits per heavy atom. The minimum Gasteiger partial charge on any atom is -0.324 e. The van der Waals surface area contributed by atoms with Gasteiger partial charge in [-0.3, -0.25) is 14.6 Å². The summed E-state index contributed by atoms with van der Waals surface area (Å²) in [5, 5.41) is 14.8. The van der Waals surface area contributed by atoms with Gasteiger partial charge in [-0.25, -0.2) is 4.98 Å². The number of fused-ring (bicyclic) bond motifs is 1. The fourth-order valence-electron chi connectivity index (χ4n) is 2.54. The molecule has 0 unspecified atom stereocenters. The van der Waals surface area contributed by atoms with E-state index in [1.54, 1.807) is 10.9 Å². The topological polar surface area (TPSA) is 88.5 Å². The van der Waals surface area contributed by atoms with Crippen LogP contribution < -0.4 is 5.32 Å².